The first kappa shape index (κ1) is 20.9. The van der Waals surface area contributed by atoms with Crippen LogP contribution in [0.25, 0.3) is 0 Å². The number of carbonyl (C=O) groups is 1. The smallest absolute Gasteiger partial charge is 0.238 e. The summed E-state index contributed by atoms with van der Waals surface area (Å²) in [6.45, 7) is 2.87. The zero-order valence-electron chi connectivity index (χ0n) is 15.5. The standard InChI is InChI=1S/C19H23FN2O4S/c1-4-22(12-14-9-10-17(26-2)15(20)11-14)13-19(23)21-16-7-5-6-8-18(16)27(3,24)25/h5-11H,4,12-13H2,1-3H3,(H,21,23). The number of ether oxygens (including phenoxy) is 1. The Morgan fingerprint density at radius 2 is 1.93 bits per heavy atom. The lowest BCUT2D eigenvalue weighted by atomic mass is 10.2. The quantitative estimate of drug-likeness (QED) is 0.745. The lowest BCUT2D eigenvalue weighted by Gasteiger charge is -2.20. The van der Waals surface area contributed by atoms with Gasteiger partial charge in [-0.05, 0) is 36.4 Å². The van der Waals surface area contributed by atoms with E-state index in [1.165, 1.54) is 19.2 Å². The minimum Gasteiger partial charge on any atom is -0.494 e. The normalized spacial score (nSPS) is 11.4. The van der Waals surface area contributed by atoms with Gasteiger partial charge in [-0.25, -0.2) is 12.8 Å². The van der Waals surface area contributed by atoms with Gasteiger partial charge in [0.05, 0.1) is 24.2 Å². The molecule has 0 saturated heterocycles. The molecule has 8 heteroatoms. The minimum atomic E-state index is -3.45. The second kappa shape index (κ2) is 8.96. The third-order valence-electron chi connectivity index (χ3n) is 4.00. The van der Waals surface area contributed by atoms with Crippen LogP contribution in [-0.2, 0) is 21.2 Å². The van der Waals surface area contributed by atoms with Crippen molar-refractivity contribution in [3.8, 4) is 5.75 Å². The number of amides is 1. The zero-order valence-corrected chi connectivity index (χ0v) is 16.3. The number of nitrogens with one attached hydrogen (secondary N) is 1. The van der Waals surface area contributed by atoms with E-state index < -0.39 is 15.7 Å². The molecule has 0 saturated carbocycles. The van der Waals surface area contributed by atoms with Crippen molar-refractivity contribution in [2.75, 3.05) is 31.8 Å². The zero-order chi connectivity index (χ0) is 20.0. The molecule has 27 heavy (non-hydrogen) atoms. The van der Waals surface area contributed by atoms with E-state index in [0.717, 1.165) is 6.26 Å². The Hall–Kier alpha value is -2.45. The van der Waals surface area contributed by atoms with E-state index in [1.54, 1.807) is 30.3 Å². The number of sulfone groups is 1. The van der Waals surface area contributed by atoms with E-state index in [9.17, 15) is 17.6 Å². The fourth-order valence-corrected chi connectivity index (χ4v) is 3.48. The van der Waals surface area contributed by atoms with Gasteiger partial charge in [0.1, 0.15) is 0 Å². The van der Waals surface area contributed by atoms with Crippen molar-refractivity contribution >= 4 is 21.4 Å². The van der Waals surface area contributed by atoms with Crippen LogP contribution in [0.5, 0.6) is 5.75 Å². The second-order valence-corrected chi connectivity index (χ2v) is 8.07. The van der Waals surface area contributed by atoms with Gasteiger partial charge in [0.25, 0.3) is 0 Å². The maximum atomic E-state index is 13.8. The summed E-state index contributed by atoms with van der Waals surface area (Å²) in [4.78, 5) is 14.3. The van der Waals surface area contributed by atoms with E-state index in [1.807, 2.05) is 11.8 Å². The second-order valence-electron chi connectivity index (χ2n) is 6.09. The molecule has 0 bridgehead atoms. The van der Waals surface area contributed by atoms with Gasteiger partial charge in [0, 0.05) is 12.8 Å². The Morgan fingerprint density at radius 3 is 2.52 bits per heavy atom. The van der Waals surface area contributed by atoms with Gasteiger partial charge < -0.3 is 10.1 Å². The SMILES string of the molecule is CCN(CC(=O)Nc1ccccc1S(C)(=O)=O)Cc1ccc(OC)c(F)c1. The molecular weight excluding hydrogens is 371 g/mol. The summed E-state index contributed by atoms with van der Waals surface area (Å²) in [7, 11) is -2.06. The highest BCUT2D eigenvalue weighted by Gasteiger charge is 2.16. The Bertz CT molecular complexity index is 916. The monoisotopic (exact) mass is 394 g/mol. The van der Waals surface area contributed by atoms with Crippen LogP contribution in [0.3, 0.4) is 0 Å². The van der Waals surface area contributed by atoms with Crippen molar-refractivity contribution in [3.05, 3.63) is 53.8 Å². The van der Waals surface area contributed by atoms with Crippen LogP contribution in [0.4, 0.5) is 10.1 Å². The third kappa shape index (κ3) is 5.77. The molecule has 0 unspecified atom stereocenters. The topological polar surface area (TPSA) is 75.7 Å². The van der Waals surface area contributed by atoms with E-state index in [2.05, 4.69) is 5.32 Å². The Labute approximate surface area is 158 Å². The van der Waals surface area contributed by atoms with Gasteiger partial charge in [0.2, 0.25) is 5.91 Å². The molecule has 2 rings (SSSR count). The van der Waals surface area contributed by atoms with E-state index in [-0.39, 0.29) is 28.8 Å². The van der Waals surface area contributed by atoms with Gasteiger partial charge in [-0.3, -0.25) is 9.69 Å². The van der Waals surface area contributed by atoms with Crippen molar-refractivity contribution in [2.45, 2.75) is 18.4 Å². The molecule has 2 aromatic carbocycles. The molecule has 6 nitrogen and oxygen atoms in total. The van der Waals surface area contributed by atoms with Crippen LogP contribution in [-0.4, -0.2) is 45.7 Å². The molecular formula is C19H23FN2O4S. The van der Waals surface area contributed by atoms with E-state index in [0.29, 0.717) is 18.7 Å². The molecule has 146 valence electrons. The maximum absolute atomic E-state index is 13.8. The fraction of sp³-hybridized carbons (Fsp3) is 0.316. The number of para-hydroxylation sites is 1. The summed E-state index contributed by atoms with van der Waals surface area (Å²) in [5.74, 6) is -0.642. The lowest BCUT2D eigenvalue weighted by Crippen LogP contribution is -2.33. The van der Waals surface area contributed by atoms with Gasteiger partial charge in [0.15, 0.2) is 21.4 Å². The Morgan fingerprint density at radius 1 is 1.22 bits per heavy atom. The summed E-state index contributed by atoms with van der Waals surface area (Å²) in [6.07, 6.45) is 1.09. The predicted molar refractivity (Wildman–Crippen MR) is 102 cm³/mol. The van der Waals surface area contributed by atoms with Gasteiger partial charge in [-0.15, -0.1) is 0 Å². The number of methoxy groups -OCH3 is 1. The summed E-state index contributed by atoms with van der Waals surface area (Å²) in [6, 6.07) is 10.9. The van der Waals surface area contributed by atoms with Crippen molar-refractivity contribution in [1.29, 1.82) is 0 Å². The molecule has 0 heterocycles. The number of benzene rings is 2. The summed E-state index contributed by atoms with van der Waals surface area (Å²) >= 11 is 0. The largest absolute Gasteiger partial charge is 0.494 e. The van der Waals surface area contributed by atoms with E-state index in [4.69, 9.17) is 4.74 Å². The molecule has 0 radical (unpaired) electrons. The van der Waals surface area contributed by atoms with Crippen LogP contribution in [0, 0.1) is 5.82 Å². The number of rotatable bonds is 8. The summed E-state index contributed by atoms with van der Waals surface area (Å²) in [5.41, 5.74) is 0.955. The average molecular weight is 394 g/mol. The number of carbonyl (C=O) groups excluding carboxylic acids is 1. The number of hydrogen-bond acceptors (Lipinski definition) is 5. The fourth-order valence-electron chi connectivity index (χ4n) is 2.63. The van der Waals surface area contributed by atoms with Gasteiger partial charge in [-0.2, -0.15) is 0 Å². The van der Waals surface area contributed by atoms with E-state index >= 15 is 0 Å². The van der Waals surface area contributed by atoms with Crippen LogP contribution < -0.4 is 10.1 Å². The molecule has 0 aliphatic carbocycles. The maximum Gasteiger partial charge on any atom is 0.238 e. The Kier molecular flexibility index (Phi) is 6.92. The molecule has 0 spiro atoms. The van der Waals surface area contributed by atoms with Crippen LogP contribution in [0.1, 0.15) is 12.5 Å². The lowest BCUT2D eigenvalue weighted by molar-refractivity contribution is -0.117. The van der Waals surface area contributed by atoms with Crippen LogP contribution >= 0.6 is 0 Å². The first-order chi connectivity index (χ1) is 12.7. The van der Waals surface area contributed by atoms with Crippen molar-refractivity contribution in [1.82, 2.24) is 4.90 Å². The van der Waals surface area contributed by atoms with Crippen molar-refractivity contribution in [3.63, 3.8) is 0 Å². The highest BCUT2D eigenvalue weighted by molar-refractivity contribution is 7.90. The van der Waals surface area contributed by atoms with Crippen molar-refractivity contribution in [2.24, 2.45) is 0 Å². The molecule has 0 aliphatic heterocycles. The summed E-state index contributed by atoms with van der Waals surface area (Å²) < 4.78 is 42.4. The van der Waals surface area contributed by atoms with Crippen molar-refractivity contribution < 1.29 is 22.3 Å². The number of nitrogens with zero attached hydrogens (tertiary/aromatic N) is 1. The minimum absolute atomic E-state index is 0.0439. The Balaban J connectivity index is 2.07. The van der Waals surface area contributed by atoms with Crippen LogP contribution in [0.15, 0.2) is 47.4 Å². The molecule has 0 atom stereocenters. The van der Waals surface area contributed by atoms with Crippen LogP contribution in [0.2, 0.25) is 0 Å². The number of hydrogen-bond donors (Lipinski definition) is 1. The average Bonchev–Trinajstić information content (AvgIpc) is 2.60. The molecule has 0 aromatic heterocycles. The molecule has 1 amide bonds. The van der Waals surface area contributed by atoms with Gasteiger partial charge in [-0.1, -0.05) is 25.1 Å². The molecule has 1 N–H and O–H groups in total. The third-order valence-corrected chi connectivity index (χ3v) is 5.15. The summed E-state index contributed by atoms with van der Waals surface area (Å²) in [5, 5.41) is 2.64. The number of likely N-dealkylation sites (N-methyl/N-ethyl adjacent to an activating group) is 1. The number of halogens is 1. The molecule has 2 aromatic rings. The molecule has 0 aliphatic rings. The predicted octanol–water partition coefficient (Wildman–Crippen LogP) is 2.70. The highest BCUT2D eigenvalue weighted by Crippen LogP contribution is 2.21. The first-order valence-corrected chi connectivity index (χ1v) is 10.3. The van der Waals surface area contributed by atoms with Gasteiger partial charge >= 0.3 is 0 Å². The number of anilines is 1. The highest BCUT2D eigenvalue weighted by atomic mass is 32.2. The first-order valence-electron chi connectivity index (χ1n) is 8.38. The molecule has 0 fully saturated rings.